The van der Waals surface area contributed by atoms with E-state index < -0.39 is 10.0 Å². The monoisotopic (exact) mass is 377 g/mol. The first-order valence-electron chi connectivity index (χ1n) is 7.40. The van der Waals surface area contributed by atoms with Gasteiger partial charge < -0.3 is 5.73 Å². The molecule has 128 valence electrons. The predicted molar refractivity (Wildman–Crippen MR) is 93.2 cm³/mol. The van der Waals surface area contributed by atoms with Gasteiger partial charge in [-0.25, -0.2) is 13.1 Å². The Morgan fingerprint density at radius 1 is 1.35 bits per heavy atom. The molecule has 5 nitrogen and oxygen atoms in total. The van der Waals surface area contributed by atoms with Crippen molar-refractivity contribution in [3.63, 3.8) is 0 Å². The van der Waals surface area contributed by atoms with Crippen molar-refractivity contribution in [1.82, 2.24) is 4.72 Å². The molecule has 1 saturated carbocycles. The van der Waals surface area contributed by atoms with Crippen LogP contribution in [0.2, 0.25) is 5.02 Å². The third kappa shape index (κ3) is 5.07. The zero-order valence-corrected chi connectivity index (χ0v) is 15.1. The first-order valence-corrected chi connectivity index (χ1v) is 9.26. The van der Waals surface area contributed by atoms with Crippen LogP contribution in [0.25, 0.3) is 0 Å². The smallest absolute Gasteiger partial charge is 0.240 e. The van der Waals surface area contributed by atoms with Crippen LogP contribution in [-0.2, 0) is 10.0 Å². The minimum Gasteiger partial charge on any atom is -0.329 e. The van der Waals surface area contributed by atoms with Crippen molar-refractivity contribution < 1.29 is 8.42 Å². The zero-order valence-electron chi connectivity index (χ0n) is 12.7. The molecule has 0 bridgehead atoms. The summed E-state index contributed by atoms with van der Waals surface area (Å²) in [4.78, 5) is 0.0609. The van der Waals surface area contributed by atoms with Gasteiger partial charge in [-0.1, -0.05) is 30.9 Å². The Bertz CT molecular complexity index is 668. The molecule has 0 aromatic heterocycles. The van der Waals surface area contributed by atoms with Crippen LogP contribution in [0.5, 0.6) is 0 Å². The summed E-state index contributed by atoms with van der Waals surface area (Å²) >= 11 is 5.92. The van der Waals surface area contributed by atoms with E-state index in [1.54, 1.807) is 0 Å². The molecule has 2 rings (SSSR count). The van der Waals surface area contributed by atoms with Crippen LogP contribution in [0.1, 0.15) is 37.7 Å². The molecule has 0 radical (unpaired) electrons. The van der Waals surface area contributed by atoms with E-state index in [-0.39, 0.29) is 46.4 Å². The fourth-order valence-corrected chi connectivity index (χ4v) is 4.53. The Kier molecular flexibility index (Phi) is 7.78. The predicted octanol–water partition coefficient (Wildman–Crippen LogP) is 2.82. The van der Waals surface area contributed by atoms with Crippen LogP contribution >= 0.6 is 24.0 Å². The first-order chi connectivity index (χ1) is 10.5. The summed E-state index contributed by atoms with van der Waals surface area (Å²) in [6.07, 6.45) is 5.43. The standard InChI is InChI=1S/C15H20ClN3O2S.ClH/c16-14-8-13(7-6-12(14)9-17)22(20,21)19-15(10-18)11-4-2-1-3-5-11;/h6-8,11,15,19H,1-5,10,18H2;1H. The largest absolute Gasteiger partial charge is 0.329 e. The second-order valence-electron chi connectivity index (χ2n) is 5.62. The Hall–Kier alpha value is -0.840. The molecular weight excluding hydrogens is 357 g/mol. The van der Waals surface area contributed by atoms with Gasteiger partial charge in [0, 0.05) is 12.6 Å². The van der Waals surface area contributed by atoms with E-state index in [1.807, 2.05) is 6.07 Å². The van der Waals surface area contributed by atoms with Crippen LogP contribution in [-0.4, -0.2) is 21.0 Å². The molecule has 1 aliphatic carbocycles. The number of nitrogens with two attached hydrogens (primary N) is 1. The number of nitrogens with one attached hydrogen (secondary N) is 1. The minimum absolute atomic E-state index is 0. The average Bonchev–Trinajstić information content (AvgIpc) is 2.53. The molecule has 1 aliphatic rings. The summed E-state index contributed by atoms with van der Waals surface area (Å²) in [5.74, 6) is 0.280. The Morgan fingerprint density at radius 3 is 2.52 bits per heavy atom. The summed E-state index contributed by atoms with van der Waals surface area (Å²) in [5.41, 5.74) is 6.02. The maximum absolute atomic E-state index is 12.5. The molecule has 1 unspecified atom stereocenters. The van der Waals surface area contributed by atoms with E-state index in [1.165, 1.54) is 24.6 Å². The van der Waals surface area contributed by atoms with Crippen LogP contribution < -0.4 is 10.5 Å². The van der Waals surface area contributed by atoms with E-state index in [9.17, 15) is 8.42 Å². The Labute approximate surface area is 148 Å². The van der Waals surface area contributed by atoms with Crippen molar-refractivity contribution in [2.75, 3.05) is 6.54 Å². The maximum atomic E-state index is 12.5. The molecule has 1 aromatic rings. The number of benzene rings is 1. The second kappa shape index (κ2) is 8.86. The number of nitrogens with zero attached hydrogens (tertiary/aromatic N) is 1. The lowest BCUT2D eigenvalue weighted by atomic mass is 9.84. The third-order valence-corrected chi connectivity index (χ3v) is 5.95. The van der Waals surface area contributed by atoms with Crippen molar-refractivity contribution in [2.45, 2.75) is 43.0 Å². The van der Waals surface area contributed by atoms with Crippen molar-refractivity contribution in [3.8, 4) is 6.07 Å². The summed E-state index contributed by atoms with van der Waals surface area (Å²) in [6.45, 7) is 0.272. The van der Waals surface area contributed by atoms with Gasteiger partial charge in [-0.3, -0.25) is 0 Å². The average molecular weight is 378 g/mol. The van der Waals surface area contributed by atoms with Gasteiger partial charge in [0.05, 0.1) is 15.5 Å². The molecule has 0 aliphatic heterocycles. The van der Waals surface area contributed by atoms with Gasteiger partial charge in [0.25, 0.3) is 0 Å². The Morgan fingerprint density at radius 2 is 2.00 bits per heavy atom. The molecule has 0 heterocycles. The summed E-state index contributed by atoms with van der Waals surface area (Å²) in [5, 5.41) is 8.98. The van der Waals surface area contributed by atoms with Gasteiger partial charge in [-0.2, -0.15) is 5.26 Å². The van der Waals surface area contributed by atoms with Crippen LogP contribution in [0.15, 0.2) is 23.1 Å². The fraction of sp³-hybridized carbons (Fsp3) is 0.533. The molecule has 23 heavy (non-hydrogen) atoms. The van der Waals surface area contributed by atoms with Crippen molar-refractivity contribution in [1.29, 1.82) is 5.26 Å². The van der Waals surface area contributed by atoms with E-state index in [0.29, 0.717) is 0 Å². The van der Waals surface area contributed by atoms with E-state index in [0.717, 1.165) is 25.7 Å². The normalized spacial score (nSPS) is 17.1. The highest BCUT2D eigenvalue weighted by Crippen LogP contribution is 2.27. The number of rotatable bonds is 5. The fourth-order valence-electron chi connectivity index (χ4n) is 2.89. The van der Waals surface area contributed by atoms with Gasteiger partial charge in [0.15, 0.2) is 0 Å². The van der Waals surface area contributed by atoms with Gasteiger partial charge in [0.2, 0.25) is 10.0 Å². The molecule has 1 aromatic carbocycles. The van der Waals surface area contributed by atoms with E-state index in [4.69, 9.17) is 22.6 Å². The molecular formula is C15H21Cl2N3O2S. The topological polar surface area (TPSA) is 96.0 Å². The van der Waals surface area contributed by atoms with Crippen molar-refractivity contribution in [2.24, 2.45) is 11.7 Å². The minimum atomic E-state index is -3.69. The molecule has 1 atom stereocenters. The van der Waals surface area contributed by atoms with E-state index in [2.05, 4.69) is 4.72 Å². The lowest BCUT2D eigenvalue weighted by molar-refractivity contribution is 0.294. The summed E-state index contributed by atoms with van der Waals surface area (Å²) in [6, 6.07) is 5.75. The van der Waals surface area contributed by atoms with Crippen LogP contribution in [0.4, 0.5) is 0 Å². The quantitative estimate of drug-likeness (QED) is 0.824. The SMILES string of the molecule is Cl.N#Cc1ccc(S(=O)(=O)NC(CN)C2CCCCC2)cc1Cl. The molecule has 3 N–H and O–H groups in total. The summed E-state index contributed by atoms with van der Waals surface area (Å²) in [7, 11) is -3.69. The highest BCUT2D eigenvalue weighted by Gasteiger charge is 2.27. The zero-order chi connectivity index (χ0) is 16.2. The third-order valence-electron chi connectivity index (χ3n) is 4.15. The Balaban J connectivity index is 0.00000264. The van der Waals surface area contributed by atoms with Gasteiger partial charge >= 0.3 is 0 Å². The number of hydrogen-bond donors (Lipinski definition) is 2. The van der Waals surface area contributed by atoms with Crippen molar-refractivity contribution in [3.05, 3.63) is 28.8 Å². The molecule has 8 heteroatoms. The molecule has 0 amide bonds. The number of sulfonamides is 1. The lowest BCUT2D eigenvalue weighted by Gasteiger charge is -2.29. The van der Waals surface area contributed by atoms with Gasteiger partial charge in [-0.05, 0) is 37.0 Å². The number of nitriles is 1. The molecule has 1 fully saturated rings. The molecule has 0 spiro atoms. The van der Waals surface area contributed by atoms with E-state index >= 15 is 0 Å². The number of hydrogen-bond acceptors (Lipinski definition) is 4. The summed E-state index contributed by atoms with van der Waals surface area (Å²) < 4.78 is 27.7. The van der Waals surface area contributed by atoms with Gasteiger partial charge in [-0.15, -0.1) is 12.4 Å². The maximum Gasteiger partial charge on any atom is 0.240 e. The number of halogens is 2. The van der Waals surface area contributed by atoms with Crippen molar-refractivity contribution >= 4 is 34.0 Å². The van der Waals surface area contributed by atoms with Crippen LogP contribution in [0, 0.1) is 17.2 Å². The second-order valence-corrected chi connectivity index (χ2v) is 7.74. The highest BCUT2D eigenvalue weighted by molar-refractivity contribution is 7.89. The van der Waals surface area contributed by atoms with Crippen LogP contribution in [0.3, 0.4) is 0 Å². The molecule has 0 saturated heterocycles. The lowest BCUT2D eigenvalue weighted by Crippen LogP contribution is -2.45. The highest BCUT2D eigenvalue weighted by atomic mass is 35.5. The first kappa shape index (κ1) is 20.2. The van der Waals surface area contributed by atoms with Gasteiger partial charge in [0.1, 0.15) is 6.07 Å².